The van der Waals surface area contributed by atoms with E-state index in [4.69, 9.17) is 0 Å². The summed E-state index contributed by atoms with van der Waals surface area (Å²) in [5, 5.41) is 5.96. The molecule has 0 aliphatic rings. The maximum Gasteiger partial charge on any atom is -0.0157 e. The van der Waals surface area contributed by atoms with Gasteiger partial charge in [0.05, 0.1) is 0 Å². The van der Waals surface area contributed by atoms with Crippen molar-refractivity contribution in [2.75, 3.05) is 6.16 Å². The molecule has 156 valence electrons. The first-order valence-electron chi connectivity index (χ1n) is 11.1. The Labute approximate surface area is 189 Å². The van der Waals surface area contributed by atoms with Gasteiger partial charge in [-0.1, -0.05) is 128 Å². The van der Waals surface area contributed by atoms with E-state index in [0.29, 0.717) is 5.66 Å². The third kappa shape index (κ3) is 5.92. The van der Waals surface area contributed by atoms with Gasteiger partial charge >= 0.3 is 0 Å². The Balaban J connectivity index is 1.50. The second-order valence-electron chi connectivity index (χ2n) is 7.86. The van der Waals surface area contributed by atoms with Crippen LogP contribution < -0.4 is 21.2 Å². The van der Waals surface area contributed by atoms with Crippen LogP contribution in [0.15, 0.2) is 121 Å². The van der Waals surface area contributed by atoms with Crippen molar-refractivity contribution in [3.05, 3.63) is 121 Å². The van der Waals surface area contributed by atoms with Gasteiger partial charge in [-0.15, -0.1) is 0 Å². The van der Waals surface area contributed by atoms with Crippen LogP contribution in [0.4, 0.5) is 0 Å². The van der Waals surface area contributed by atoms with E-state index in [-0.39, 0.29) is 15.8 Å². The molecule has 0 radical (unpaired) electrons. The Morgan fingerprint density at radius 1 is 0.516 bits per heavy atom. The van der Waals surface area contributed by atoms with Crippen LogP contribution in [0.25, 0.3) is 0 Å². The minimum absolute atomic E-state index is 0.302. The van der Waals surface area contributed by atoms with Crippen molar-refractivity contribution in [1.82, 2.24) is 0 Å². The van der Waals surface area contributed by atoms with Crippen LogP contribution in [0, 0.1) is 0 Å². The Morgan fingerprint density at radius 2 is 0.871 bits per heavy atom. The summed E-state index contributed by atoms with van der Waals surface area (Å²) in [6.07, 6.45) is 3.77. The van der Waals surface area contributed by atoms with Crippen LogP contribution in [0.1, 0.15) is 19.8 Å². The van der Waals surface area contributed by atoms with Crippen molar-refractivity contribution in [2.24, 2.45) is 0 Å². The summed E-state index contributed by atoms with van der Waals surface area (Å²) in [4.78, 5) is 0. The molecule has 0 nitrogen and oxygen atoms in total. The molecule has 0 bridgehead atoms. The lowest BCUT2D eigenvalue weighted by Crippen LogP contribution is -2.20. The van der Waals surface area contributed by atoms with E-state index in [1.54, 1.807) is 0 Å². The summed E-state index contributed by atoms with van der Waals surface area (Å²) in [6, 6.07) is 44.5. The summed E-state index contributed by atoms with van der Waals surface area (Å²) in [5.74, 6) is 0. The predicted molar refractivity (Wildman–Crippen MR) is 142 cm³/mol. The fourth-order valence-electron chi connectivity index (χ4n) is 4.13. The molecule has 0 aromatic heterocycles. The van der Waals surface area contributed by atoms with E-state index in [1.807, 2.05) is 0 Å². The van der Waals surface area contributed by atoms with Gasteiger partial charge in [-0.3, -0.25) is 0 Å². The van der Waals surface area contributed by atoms with Crippen molar-refractivity contribution in [3.63, 3.8) is 0 Å². The quantitative estimate of drug-likeness (QED) is 0.264. The van der Waals surface area contributed by atoms with E-state index >= 15 is 0 Å². The monoisotopic (exact) mass is 440 g/mol. The van der Waals surface area contributed by atoms with Gasteiger partial charge in [-0.25, -0.2) is 0 Å². The van der Waals surface area contributed by atoms with Crippen LogP contribution in [0.2, 0.25) is 0 Å². The number of hydrogen-bond acceptors (Lipinski definition) is 0. The van der Waals surface area contributed by atoms with Crippen LogP contribution in [-0.4, -0.2) is 11.8 Å². The normalized spacial score (nSPS) is 12.2. The molecule has 4 aromatic carbocycles. The van der Waals surface area contributed by atoms with Crippen molar-refractivity contribution in [1.29, 1.82) is 0 Å². The molecule has 4 rings (SSSR count). The van der Waals surface area contributed by atoms with E-state index in [2.05, 4.69) is 128 Å². The van der Waals surface area contributed by atoms with Gasteiger partial charge in [0.2, 0.25) is 0 Å². The highest BCUT2D eigenvalue weighted by Gasteiger charge is 2.21. The summed E-state index contributed by atoms with van der Waals surface area (Å²) in [5.41, 5.74) is 0.656. The van der Waals surface area contributed by atoms with Gasteiger partial charge in [-0.05, 0) is 61.7 Å². The maximum atomic E-state index is 2.46. The fourth-order valence-corrected chi connectivity index (χ4v) is 9.25. The average molecular weight is 441 g/mol. The lowest BCUT2D eigenvalue weighted by Gasteiger charge is -2.27. The van der Waals surface area contributed by atoms with Gasteiger partial charge < -0.3 is 0 Å². The van der Waals surface area contributed by atoms with Gasteiger partial charge in [0.1, 0.15) is 0 Å². The van der Waals surface area contributed by atoms with Crippen LogP contribution >= 0.6 is 15.8 Å². The third-order valence-corrected chi connectivity index (χ3v) is 11.1. The standard InChI is InChI=1S/C29H30P2/c1-25(31(28-20-10-4-11-21-28)29-22-12-5-13-23-29)15-14-24-30(26-16-6-2-7-17-26)27-18-8-3-9-19-27/h2-13,16-23,25H,14-15,24H2,1H3. The van der Waals surface area contributed by atoms with E-state index < -0.39 is 0 Å². The minimum Gasteiger partial charge on any atom is -0.0622 e. The number of hydrogen-bond donors (Lipinski definition) is 0. The zero-order valence-electron chi connectivity index (χ0n) is 18.1. The van der Waals surface area contributed by atoms with Gasteiger partial charge in [-0.2, -0.15) is 0 Å². The minimum atomic E-state index is -0.344. The summed E-state index contributed by atoms with van der Waals surface area (Å²) >= 11 is 0. The first kappa shape index (κ1) is 22.0. The molecule has 1 unspecified atom stereocenters. The summed E-state index contributed by atoms with van der Waals surface area (Å²) in [6.45, 7) is 2.46. The van der Waals surface area contributed by atoms with Crippen LogP contribution in [0.3, 0.4) is 0 Å². The lowest BCUT2D eigenvalue weighted by molar-refractivity contribution is 0.787. The van der Waals surface area contributed by atoms with Crippen LogP contribution in [-0.2, 0) is 0 Å². The Hall–Kier alpha value is -2.26. The van der Waals surface area contributed by atoms with Crippen molar-refractivity contribution < 1.29 is 0 Å². The largest absolute Gasteiger partial charge is 0.0622 e. The Kier molecular flexibility index (Phi) is 8.06. The number of benzene rings is 4. The lowest BCUT2D eigenvalue weighted by atomic mass is 10.3. The maximum absolute atomic E-state index is 2.46. The van der Waals surface area contributed by atoms with Crippen molar-refractivity contribution in [2.45, 2.75) is 25.4 Å². The zero-order valence-corrected chi connectivity index (χ0v) is 19.9. The molecule has 4 aromatic rings. The molecule has 0 amide bonds. The zero-order chi connectivity index (χ0) is 21.3. The van der Waals surface area contributed by atoms with Crippen molar-refractivity contribution >= 4 is 37.1 Å². The predicted octanol–water partition coefficient (Wildman–Crippen LogP) is 6.42. The molecular formula is C29H30P2. The Bertz CT molecular complexity index is 938. The molecule has 0 aliphatic heterocycles. The van der Waals surface area contributed by atoms with E-state index in [9.17, 15) is 0 Å². The van der Waals surface area contributed by atoms with Gasteiger partial charge in [0.25, 0.3) is 0 Å². The van der Waals surface area contributed by atoms with Crippen molar-refractivity contribution in [3.8, 4) is 0 Å². The van der Waals surface area contributed by atoms with E-state index in [1.165, 1.54) is 40.2 Å². The average Bonchev–Trinajstić information content (AvgIpc) is 2.84. The molecular weight excluding hydrogens is 410 g/mol. The highest BCUT2D eigenvalue weighted by molar-refractivity contribution is 7.73. The fraction of sp³-hybridized carbons (Fsp3) is 0.172. The van der Waals surface area contributed by atoms with Crippen LogP contribution in [0.5, 0.6) is 0 Å². The molecule has 31 heavy (non-hydrogen) atoms. The molecule has 0 saturated carbocycles. The highest BCUT2D eigenvalue weighted by atomic mass is 31.1. The first-order chi connectivity index (χ1) is 15.3. The molecule has 0 saturated heterocycles. The first-order valence-corrected chi connectivity index (χ1v) is 14.0. The molecule has 1 atom stereocenters. The molecule has 0 fully saturated rings. The SMILES string of the molecule is CC(CCCP(c1ccccc1)c1ccccc1)P(c1ccccc1)c1ccccc1. The van der Waals surface area contributed by atoms with E-state index in [0.717, 1.165) is 0 Å². The highest BCUT2D eigenvalue weighted by Crippen LogP contribution is 2.43. The summed E-state index contributed by atoms with van der Waals surface area (Å²) < 4.78 is 0. The Morgan fingerprint density at radius 3 is 1.26 bits per heavy atom. The molecule has 0 heterocycles. The summed E-state index contributed by atoms with van der Waals surface area (Å²) in [7, 11) is -0.646. The molecule has 2 heteroatoms. The number of rotatable bonds is 9. The third-order valence-electron chi connectivity index (χ3n) is 5.65. The van der Waals surface area contributed by atoms with Gasteiger partial charge in [0.15, 0.2) is 0 Å². The molecule has 0 aliphatic carbocycles. The second kappa shape index (κ2) is 11.4. The smallest absolute Gasteiger partial charge is 0.0157 e. The molecule has 0 spiro atoms. The molecule has 0 N–H and O–H groups in total. The van der Waals surface area contributed by atoms with Gasteiger partial charge in [0, 0.05) is 0 Å². The topological polar surface area (TPSA) is 0 Å². The second-order valence-corrected chi connectivity index (χ2v) is 12.8.